The monoisotopic (exact) mass is 539 g/mol. The van der Waals surface area contributed by atoms with E-state index in [0.717, 1.165) is 18.0 Å². The predicted molar refractivity (Wildman–Crippen MR) is 123 cm³/mol. The number of aromatic amines is 1. The molecule has 0 aliphatic heterocycles. The maximum Gasteiger partial charge on any atom is 0.270 e. The number of hydrogen-bond acceptors (Lipinski definition) is 8. The summed E-state index contributed by atoms with van der Waals surface area (Å²) < 4.78 is 36.4. The van der Waals surface area contributed by atoms with Crippen LogP contribution >= 0.6 is 27.7 Å². The van der Waals surface area contributed by atoms with Crippen molar-refractivity contribution < 1.29 is 22.7 Å². The van der Waals surface area contributed by atoms with Gasteiger partial charge in [-0.15, -0.1) is 0 Å². The van der Waals surface area contributed by atoms with Gasteiger partial charge in [0.25, 0.3) is 5.56 Å². The highest BCUT2D eigenvalue weighted by Crippen LogP contribution is 2.26. The lowest BCUT2D eigenvalue weighted by molar-refractivity contribution is -0.113. The third-order valence-corrected chi connectivity index (χ3v) is 7.31. The summed E-state index contributed by atoms with van der Waals surface area (Å²) in [7, 11) is -1.03. The minimum absolute atomic E-state index is 0.0264. The Kier molecular flexibility index (Phi) is 7.59. The first kappa shape index (κ1) is 23.8. The first-order chi connectivity index (χ1) is 15.2. The normalized spacial score (nSPS) is 11.1. The van der Waals surface area contributed by atoms with E-state index < -0.39 is 20.3 Å². The zero-order valence-electron chi connectivity index (χ0n) is 16.9. The zero-order chi connectivity index (χ0) is 23.3. The molecule has 0 fully saturated rings. The predicted octanol–water partition coefficient (Wildman–Crippen LogP) is 3.11. The van der Waals surface area contributed by atoms with Crippen molar-refractivity contribution in [3.63, 3.8) is 0 Å². The molecule has 3 rings (SSSR count). The van der Waals surface area contributed by atoms with Gasteiger partial charge in [-0.2, -0.15) is 0 Å². The molecular weight excluding hydrogens is 522 g/mol. The van der Waals surface area contributed by atoms with E-state index in [2.05, 4.69) is 31.2 Å². The van der Waals surface area contributed by atoms with Crippen molar-refractivity contribution in [2.24, 2.45) is 0 Å². The Hall–Kier alpha value is -2.83. The van der Waals surface area contributed by atoms with Crippen LogP contribution in [0.1, 0.15) is 0 Å². The van der Waals surface area contributed by atoms with E-state index in [1.54, 1.807) is 30.3 Å². The lowest BCUT2D eigenvalue weighted by Gasteiger charge is -2.10. The van der Waals surface area contributed by atoms with E-state index in [9.17, 15) is 18.0 Å². The van der Waals surface area contributed by atoms with Gasteiger partial charge in [0.05, 0.1) is 31.1 Å². The molecule has 0 spiro atoms. The van der Waals surface area contributed by atoms with E-state index >= 15 is 0 Å². The van der Waals surface area contributed by atoms with Gasteiger partial charge in [0.15, 0.2) is 10.1 Å². The lowest BCUT2D eigenvalue weighted by Crippen LogP contribution is -2.20. The standard InChI is InChI=1S/C20H18BrN3O6S2/c1-29-14-7-13(8-15(9-14)30-2)23-18(25)11-31-20-22-10-17(19(26)24-20)32(27,28)16-5-3-12(21)4-6-16/h3-10H,11H2,1-2H3,(H,23,25)(H,22,24,26). The van der Waals surface area contributed by atoms with E-state index in [4.69, 9.17) is 9.47 Å². The molecule has 2 N–H and O–H groups in total. The number of carbonyl (C=O) groups is 1. The number of nitrogens with zero attached hydrogens (tertiary/aromatic N) is 1. The quantitative estimate of drug-likeness (QED) is 0.330. The number of halogens is 1. The molecule has 3 aromatic rings. The largest absolute Gasteiger partial charge is 0.497 e. The van der Waals surface area contributed by atoms with Gasteiger partial charge in [-0.25, -0.2) is 13.4 Å². The van der Waals surface area contributed by atoms with E-state index in [1.165, 1.54) is 26.4 Å². The van der Waals surface area contributed by atoms with Crippen molar-refractivity contribution >= 4 is 49.1 Å². The minimum atomic E-state index is -4.03. The van der Waals surface area contributed by atoms with Crippen molar-refractivity contribution in [3.8, 4) is 11.5 Å². The number of hydrogen-bond donors (Lipinski definition) is 2. The summed E-state index contributed by atoms with van der Waals surface area (Å²) in [6.07, 6.45) is 0.989. The van der Waals surface area contributed by atoms with Crippen molar-refractivity contribution in [2.45, 2.75) is 14.9 Å². The number of nitrogens with one attached hydrogen (secondary N) is 2. The summed E-state index contributed by atoms with van der Waals surface area (Å²) in [5.41, 5.74) is -0.340. The molecule has 0 saturated heterocycles. The Morgan fingerprint density at radius 2 is 1.75 bits per heavy atom. The number of methoxy groups -OCH3 is 2. The first-order valence-electron chi connectivity index (χ1n) is 8.98. The Morgan fingerprint density at radius 1 is 1.12 bits per heavy atom. The maximum absolute atomic E-state index is 12.7. The number of thioether (sulfide) groups is 1. The second-order valence-corrected chi connectivity index (χ2v) is 10.1. The van der Waals surface area contributed by atoms with E-state index in [1.807, 2.05) is 0 Å². The molecule has 9 nitrogen and oxygen atoms in total. The van der Waals surface area contributed by atoms with Gasteiger partial charge in [-0.3, -0.25) is 9.59 Å². The van der Waals surface area contributed by atoms with E-state index in [0.29, 0.717) is 21.7 Å². The van der Waals surface area contributed by atoms with Gasteiger partial charge in [0, 0.05) is 28.4 Å². The highest BCUT2D eigenvalue weighted by atomic mass is 79.9. The van der Waals surface area contributed by atoms with Crippen LogP contribution in [0.5, 0.6) is 11.5 Å². The SMILES string of the molecule is COc1cc(NC(=O)CSc2ncc(S(=O)(=O)c3ccc(Br)cc3)c(=O)[nH]2)cc(OC)c1. The molecule has 0 atom stereocenters. The smallest absolute Gasteiger partial charge is 0.270 e. The van der Waals surface area contributed by atoms with Crippen molar-refractivity contribution in [2.75, 3.05) is 25.3 Å². The van der Waals surface area contributed by atoms with Gasteiger partial charge in [0.2, 0.25) is 15.7 Å². The second kappa shape index (κ2) is 10.2. The Bertz CT molecular complexity index is 1270. The lowest BCUT2D eigenvalue weighted by atomic mass is 10.2. The fraction of sp³-hybridized carbons (Fsp3) is 0.150. The third kappa shape index (κ3) is 5.69. The van der Waals surface area contributed by atoms with Gasteiger partial charge >= 0.3 is 0 Å². The molecule has 0 unspecified atom stereocenters. The summed E-state index contributed by atoms with van der Waals surface area (Å²) in [6.45, 7) is 0. The van der Waals surface area contributed by atoms with Crippen LogP contribution < -0.4 is 20.3 Å². The number of amides is 1. The summed E-state index contributed by atoms with van der Waals surface area (Å²) >= 11 is 4.19. The molecule has 2 aromatic carbocycles. The fourth-order valence-corrected chi connectivity index (χ4v) is 4.71. The number of sulfone groups is 1. The number of H-pyrrole nitrogens is 1. The molecule has 12 heteroatoms. The molecule has 32 heavy (non-hydrogen) atoms. The number of carbonyl (C=O) groups excluding carboxylic acids is 1. The average molecular weight is 540 g/mol. The molecule has 1 heterocycles. The highest BCUT2D eigenvalue weighted by Gasteiger charge is 2.22. The number of ether oxygens (including phenoxy) is 2. The van der Waals surface area contributed by atoms with Gasteiger partial charge in [-0.1, -0.05) is 27.7 Å². The molecule has 1 aromatic heterocycles. The molecule has 1 amide bonds. The van der Waals surface area contributed by atoms with Crippen molar-refractivity contribution in [1.29, 1.82) is 0 Å². The van der Waals surface area contributed by atoms with Gasteiger partial charge in [0.1, 0.15) is 11.5 Å². The summed E-state index contributed by atoms with van der Waals surface area (Å²) in [5.74, 6) is 0.600. The summed E-state index contributed by atoms with van der Waals surface area (Å²) in [4.78, 5) is 30.5. The van der Waals surface area contributed by atoms with Crippen LogP contribution in [-0.4, -0.2) is 44.3 Å². The molecular formula is C20H18BrN3O6S2. The molecule has 168 valence electrons. The average Bonchev–Trinajstić information content (AvgIpc) is 2.77. The van der Waals surface area contributed by atoms with Crippen LogP contribution in [0.2, 0.25) is 0 Å². The Labute approximate surface area is 196 Å². The van der Waals surface area contributed by atoms with Crippen LogP contribution in [-0.2, 0) is 14.6 Å². The second-order valence-electron chi connectivity index (χ2n) is 6.28. The van der Waals surface area contributed by atoms with Gasteiger partial charge < -0.3 is 19.8 Å². The molecule has 0 aliphatic rings. The summed E-state index contributed by atoms with van der Waals surface area (Å²) in [6, 6.07) is 10.8. The minimum Gasteiger partial charge on any atom is -0.497 e. The number of anilines is 1. The Morgan fingerprint density at radius 3 is 2.31 bits per heavy atom. The van der Waals surface area contributed by atoms with Crippen molar-refractivity contribution in [1.82, 2.24) is 9.97 Å². The molecule has 0 aliphatic carbocycles. The molecule has 0 radical (unpaired) electrons. The van der Waals surface area contributed by atoms with Crippen LogP contribution in [0.4, 0.5) is 5.69 Å². The summed E-state index contributed by atoms with van der Waals surface area (Å²) in [5, 5.41) is 2.81. The van der Waals surface area contributed by atoms with Crippen LogP contribution in [0.25, 0.3) is 0 Å². The zero-order valence-corrected chi connectivity index (χ0v) is 20.1. The highest BCUT2D eigenvalue weighted by molar-refractivity contribution is 9.10. The van der Waals surface area contributed by atoms with Crippen LogP contribution in [0, 0.1) is 0 Å². The van der Waals surface area contributed by atoms with Crippen LogP contribution in [0.3, 0.4) is 0 Å². The topological polar surface area (TPSA) is 127 Å². The first-order valence-corrected chi connectivity index (χ1v) is 12.2. The van der Waals surface area contributed by atoms with Crippen molar-refractivity contribution in [3.05, 3.63) is 63.5 Å². The molecule has 0 saturated carbocycles. The van der Waals surface area contributed by atoms with Crippen LogP contribution in [0.15, 0.2) is 72.9 Å². The van der Waals surface area contributed by atoms with Gasteiger partial charge in [-0.05, 0) is 24.3 Å². The van der Waals surface area contributed by atoms with E-state index in [-0.39, 0.29) is 21.7 Å². The maximum atomic E-state index is 12.7. The number of rotatable bonds is 8. The number of aromatic nitrogens is 2. The fourth-order valence-electron chi connectivity index (χ4n) is 2.58. The number of benzene rings is 2. The Balaban J connectivity index is 1.69. The molecule has 0 bridgehead atoms. The third-order valence-electron chi connectivity index (χ3n) is 4.13.